The Morgan fingerprint density at radius 3 is 2.29 bits per heavy atom. The number of hydrogen-bond donors (Lipinski definition) is 2. The summed E-state index contributed by atoms with van der Waals surface area (Å²) in [6.45, 7) is 0.586. The number of sulfonamides is 1. The van der Waals surface area contributed by atoms with E-state index in [4.69, 9.17) is 5.73 Å². The summed E-state index contributed by atoms with van der Waals surface area (Å²) in [4.78, 5) is 0. The lowest BCUT2D eigenvalue weighted by Crippen LogP contribution is -2.43. The van der Waals surface area contributed by atoms with Crippen molar-refractivity contribution in [3.05, 3.63) is 0 Å². The molecule has 4 nitrogen and oxygen atoms in total. The number of hydrogen-bond acceptors (Lipinski definition) is 3. The van der Waals surface area contributed by atoms with E-state index < -0.39 is 10.0 Å². The van der Waals surface area contributed by atoms with E-state index in [1.807, 2.05) is 0 Å². The SMILES string of the molecule is NC1CC(CNS(=O)(=O)CC2CCCCC2)C1. The van der Waals surface area contributed by atoms with Crippen LogP contribution in [0, 0.1) is 11.8 Å². The van der Waals surface area contributed by atoms with Crippen LogP contribution >= 0.6 is 0 Å². The van der Waals surface area contributed by atoms with Gasteiger partial charge in [0.2, 0.25) is 10.0 Å². The van der Waals surface area contributed by atoms with Gasteiger partial charge in [-0.15, -0.1) is 0 Å². The third-order valence-corrected chi connectivity index (χ3v) is 5.56. The minimum absolute atomic E-state index is 0.294. The number of rotatable bonds is 5. The Hall–Kier alpha value is -0.130. The zero-order valence-corrected chi connectivity index (χ0v) is 11.2. The van der Waals surface area contributed by atoms with E-state index in [0.29, 0.717) is 30.2 Å². The van der Waals surface area contributed by atoms with E-state index in [2.05, 4.69) is 4.72 Å². The smallest absolute Gasteiger partial charge is 0.211 e. The van der Waals surface area contributed by atoms with Crippen molar-refractivity contribution in [2.45, 2.75) is 51.0 Å². The van der Waals surface area contributed by atoms with Crippen LogP contribution in [0.15, 0.2) is 0 Å². The quantitative estimate of drug-likeness (QED) is 0.781. The highest BCUT2D eigenvalue weighted by Gasteiger charge is 2.28. The largest absolute Gasteiger partial charge is 0.328 e. The van der Waals surface area contributed by atoms with Gasteiger partial charge in [0.1, 0.15) is 0 Å². The molecule has 0 aromatic heterocycles. The van der Waals surface area contributed by atoms with Crippen molar-refractivity contribution in [2.24, 2.45) is 17.6 Å². The fourth-order valence-electron chi connectivity index (χ4n) is 2.92. The minimum atomic E-state index is -3.06. The highest BCUT2D eigenvalue weighted by atomic mass is 32.2. The zero-order chi connectivity index (χ0) is 12.3. The van der Waals surface area contributed by atoms with E-state index in [-0.39, 0.29) is 0 Å². The molecule has 2 aliphatic rings. The van der Waals surface area contributed by atoms with E-state index >= 15 is 0 Å². The zero-order valence-electron chi connectivity index (χ0n) is 10.4. The van der Waals surface area contributed by atoms with Crippen molar-refractivity contribution in [3.8, 4) is 0 Å². The molecule has 0 heterocycles. The normalized spacial score (nSPS) is 31.1. The molecule has 2 rings (SSSR count). The summed E-state index contributed by atoms with van der Waals surface area (Å²) >= 11 is 0. The summed E-state index contributed by atoms with van der Waals surface area (Å²) in [6.07, 6.45) is 7.74. The first kappa shape index (κ1) is 13.3. The van der Waals surface area contributed by atoms with Crippen molar-refractivity contribution in [1.29, 1.82) is 0 Å². The molecule has 2 saturated carbocycles. The van der Waals surface area contributed by atoms with Gasteiger partial charge in [-0.2, -0.15) is 0 Å². The van der Waals surface area contributed by atoms with Gasteiger partial charge in [0.25, 0.3) is 0 Å². The second-order valence-electron chi connectivity index (χ2n) is 5.73. The fourth-order valence-corrected chi connectivity index (χ4v) is 4.48. The Kier molecular flexibility index (Phi) is 4.44. The monoisotopic (exact) mass is 260 g/mol. The molecule has 5 heteroatoms. The highest BCUT2D eigenvalue weighted by Crippen LogP contribution is 2.26. The third kappa shape index (κ3) is 4.23. The first-order valence-electron chi connectivity index (χ1n) is 6.78. The first-order chi connectivity index (χ1) is 8.05. The van der Waals surface area contributed by atoms with Crippen LogP contribution in [0.5, 0.6) is 0 Å². The highest BCUT2D eigenvalue weighted by molar-refractivity contribution is 7.89. The Balaban J connectivity index is 1.70. The predicted octanol–water partition coefficient (Wildman–Crippen LogP) is 1.22. The molecule has 0 unspecified atom stereocenters. The second kappa shape index (κ2) is 5.67. The summed E-state index contributed by atoms with van der Waals surface area (Å²) in [5.74, 6) is 1.17. The molecule has 3 N–H and O–H groups in total. The molecule has 2 aliphatic carbocycles. The molecule has 0 radical (unpaired) electrons. The van der Waals surface area contributed by atoms with Crippen LogP contribution in [0.1, 0.15) is 44.9 Å². The Bertz CT molecular complexity index is 330. The van der Waals surface area contributed by atoms with Crippen LogP contribution in [0.4, 0.5) is 0 Å². The maximum absolute atomic E-state index is 11.9. The van der Waals surface area contributed by atoms with Gasteiger partial charge in [-0.25, -0.2) is 13.1 Å². The molecular weight excluding hydrogens is 236 g/mol. The summed E-state index contributed by atoms with van der Waals surface area (Å²) in [6, 6.07) is 0.294. The standard InChI is InChI=1S/C12H24N2O2S/c13-12-6-11(7-12)8-14-17(15,16)9-10-4-2-1-3-5-10/h10-12,14H,1-9,13H2. The van der Waals surface area contributed by atoms with E-state index in [1.165, 1.54) is 19.3 Å². The van der Waals surface area contributed by atoms with Crippen LogP contribution in [-0.4, -0.2) is 26.8 Å². The topological polar surface area (TPSA) is 72.2 Å². The lowest BCUT2D eigenvalue weighted by molar-refractivity contribution is 0.266. The molecule has 2 fully saturated rings. The van der Waals surface area contributed by atoms with Crippen LogP contribution < -0.4 is 10.5 Å². The van der Waals surface area contributed by atoms with Gasteiger partial charge in [-0.1, -0.05) is 19.3 Å². The Morgan fingerprint density at radius 2 is 1.71 bits per heavy atom. The predicted molar refractivity (Wildman–Crippen MR) is 69.1 cm³/mol. The van der Waals surface area contributed by atoms with Gasteiger partial charge in [0.05, 0.1) is 5.75 Å². The van der Waals surface area contributed by atoms with Crippen LogP contribution in [-0.2, 0) is 10.0 Å². The molecule has 0 spiro atoms. The lowest BCUT2D eigenvalue weighted by Gasteiger charge is -2.32. The fraction of sp³-hybridized carbons (Fsp3) is 1.00. The van der Waals surface area contributed by atoms with Crippen LogP contribution in [0.2, 0.25) is 0 Å². The molecule has 0 atom stereocenters. The van der Waals surface area contributed by atoms with E-state index in [9.17, 15) is 8.42 Å². The third-order valence-electron chi connectivity index (χ3n) is 4.04. The van der Waals surface area contributed by atoms with Gasteiger partial charge in [-0.3, -0.25) is 0 Å². The van der Waals surface area contributed by atoms with Gasteiger partial charge < -0.3 is 5.73 Å². The van der Waals surface area contributed by atoms with Crippen molar-refractivity contribution < 1.29 is 8.42 Å². The van der Waals surface area contributed by atoms with Gasteiger partial charge >= 0.3 is 0 Å². The van der Waals surface area contributed by atoms with Crippen molar-refractivity contribution in [3.63, 3.8) is 0 Å². The van der Waals surface area contributed by atoms with Gasteiger partial charge in [-0.05, 0) is 37.5 Å². The summed E-state index contributed by atoms with van der Waals surface area (Å²) in [5, 5.41) is 0. The van der Waals surface area contributed by atoms with E-state index in [1.54, 1.807) is 0 Å². The molecule has 0 bridgehead atoms. The van der Waals surface area contributed by atoms with E-state index in [0.717, 1.165) is 25.7 Å². The first-order valence-corrected chi connectivity index (χ1v) is 8.43. The van der Waals surface area contributed by atoms with Gasteiger partial charge in [0.15, 0.2) is 0 Å². The van der Waals surface area contributed by atoms with Gasteiger partial charge in [0, 0.05) is 12.6 Å². The van der Waals surface area contributed by atoms with Crippen molar-refractivity contribution >= 4 is 10.0 Å². The average Bonchev–Trinajstić information content (AvgIpc) is 2.24. The lowest BCUT2D eigenvalue weighted by atomic mass is 9.81. The summed E-state index contributed by atoms with van der Waals surface area (Å²) < 4.78 is 26.5. The number of nitrogens with one attached hydrogen (secondary N) is 1. The average molecular weight is 260 g/mol. The van der Waals surface area contributed by atoms with Crippen LogP contribution in [0.3, 0.4) is 0 Å². The Morgan fingerprint density at radius 1 is 1.06 bits per heavy atom. The van der Waals surface area contributed by atoms with Crippen LogP contribution in [0.25, 0.3) is 0 Å². The molecule has 0 aromatic rings. The minimum Gasteiger partial charge on any atom is -0.328 e. The second-order valence-corrected chi connectivity index (χ2v) is 7.58. The Labute approximate surface area is 104 Å². The summed E-state index contributed by atoms with van der Waals surface area (Å²) in [5.41, 5.74) is 5.68. The molecule has 0 aliphatic heterocycles. The molecule has 0 aromatic carbocycles. The molecule has 0 saturated heterocycles. The molecular formula is C12H24N2O2S. The molecule has 17 heavy (non-hydrogen) atoms. The molecule has 100 valence electrons. The van der Waals surface area contributed by atoms with Crippen molar-refractivity contribution in [2.75, 3.05) is 12.3 Å². The number of nitrogens with two attached hydrogens (primary N) is 1. The summed E-state index contributed by atoms with van der Waals surface area (Å²) in [7, 11) is -3.06. The maximum atomic E-state index is 11.9. The van der Waals surface area contributed by atoms with Crippen molar-refractivity contribution in [1.82, 2.24) is 4.72 Å². The maximum Gasteiger partial charge on any atom is 0.211 e. The molecule has 0 amide bonds.